The van der Waals surface area contributed by atoms with Crippen molar-refractivity contribution >= 4 is 29.4 Å². The predicted molar refractivity (Wildman–Crippen MR) is 53.4 cm³/mol. The minimum Gasteiger partial charge on any atom is -0.241 e. The molecule has 0 atom stereocenters. The zero-order chi connectivity index (χ0) is 11.1. The Morgan fingerprint density at radius 1 is 1.43 bits per heavy atom. The molecule has 0 saturated carbocycles. The van der Waals surface area contributed by atoms with Gasteiger partial charge in [0.2, 0.25) is 0 Å². The molecule has 1 heterocycles. The van der Waals surface area contributed by atoms with Gasteiger partial charge in [-0.15, -0.1) is 0 Å². The van der Waals surface area contributed by atoms with E-state index < -0.39 is 0 Å². The normalized spacial score (nSPS) is 8.57. The van der Waals surface area contributed by atoms with E-state index >= 15 is 0 Å². The van der Waals surface area contributed by atoms with Gasteiger partial charge in [0.05, 0.1) is 0 Å². The summed E-state index contributed by atoms with van der Waals surface area (Å²) in [6.07, 6.45) is 1.15. The lowest BCUT2D eigenvalue weighted by Gasteiger charge is -2.04. The van der Waals surface area contributed by atoms with E-state index in [0.29, 0.717) is 10.2 Å². The average molecular weight is 234 g/mol. The fraction of sp³-hybridized carbons (Fsp3) is 0.333. The number of nitrogens with zero attached hydrogens (tertiary/aromatic N) is 1. The Labute approximate surface area is 92.0 Å². The molecule has 0 fully saturated rings. The first-order chi connectivity index (χ1) is 6.56. The summed E-state index contributed by atoms with van der Waals surface area (Å²) >= 11 is 11.6. The molecule has 1 aromatic rings. The van der Waals surface area contributed by atoms with E-state index in [1.807, 2.05) is 13.8 Å². The van der Waals surface area contributed by atoms with Gasteiger partial charge in [0.25, 0.3) is 0 Å². The minimum atomic E-state index is 0.250. The van der Waals surface area contributed by atoms with E-state index in [-0.39, 0.29) is 6.15 Å². The summed E-state index contributed by atoms with van der Waals surface area (Å²) in [6, 6.07) is 1.68. The second-order valence-corrected chi connectivity index (χ2v) is 3.22. The van der Waals surface area contributed by atoms with E-state index in [9.17, 15) is 0 Å². The van der Waals surface area contributed by atoms with Crippen molar-refractivity contribution in [2.75, 3.05) is 0 Å². The standard InChI is InChI=1S/C8H9Cl2N.CO2/c1-3-6-5(2)11-8(10)4-7(6)9;2-1-3/h4H,3H2,1-2H3;. The highest BCUT2D eigenvalue weighted by molar-refractivity contribution is 6.34. The zero-order valence-corrected chi connectivity index (χ0v) is 9.32. The number of hydrogen-bond donors (Lipinski definition) is 0. The molecule has 0 aromatic carbocycles. The zero-order valence-electron chi connectivity index (χ0n) is 7.80. The summed E-state index contributed by atoms with van der Waals surface area (Å²) in [5, 5.41) is 1.18. The Balaban J connectivity index is 0.000000500. The van der Waals surface area contributed by atoms with Crippen LogP contribution in [0.4, 0.5) is 0 Å². The first kappa shape index (κ1) is 13.1. The van der Waals surface area contributed by atoms with Crippen LogP contribution in [0, 0.1) is 6.92 Å². The molecule has 0 unspecified atom stereocenters. The molecule has 0 bridgehead atoms. The first-order valence-corrected chi connectivity index (χ1v) is 4.63. The van der Waals surface area contributed by atoms with Gasteiger partial charge in [0.1, 0.15) is 5.15 Å². The van der Waals surface area contributed by atoms with Gasteiger partial charge in [-0.05, 0) is 25.0 Å². The van der Waals surface area contributed by atoms with Gasteiger partial charge >= 0.3 is 6.15 Å². The van der Waals surface area contributed by atoms with Gasteiger partial charge in [-0.3, -0.25) is 0 Å². The molecule has 0 saturated heterocycles. The topological polar surface area (TPSA) is 47.0 Å². The molecule has 0 aliphatic heterocycles. The van der Waals surface area contributed by atoms with E-state index in [0.717, 1.165) is 17.7 Å². The molecule has 0 aliphatic carbocycles. The number of aromatic nitrogens is 1. The third kappa shape index (κ3) is 3.88. The van der Waals surface area contributed by atoms with Crippen LogP contribution in [0.5, 0.6) is 0 Å². The molecule has 1 rings (SSSR count). The largest absolute Gasteiger partial charge is 0.373 e. The van der Waals surface area contributed by atoms with Gasteiger partial charge in [-0.1, -0.05) is 30.1 Å². The van der Waals surface area contributed by atoms with Crippen LogP contribution in [0.2, 0.25) is 10.2 Å². The highest BCUT2D eigenvalue weighted by Gasteiger charge is 2.04. The Morgan fingerprint density at radius 2 is 1.93 bits per heavy atom. The van der Waals surface area contributed by atoms with Crippen molar-refractivity contribution < 1.29 is 9.59 Å². The lowest BCUT2D eigenvalue weighted by atomic mass is 10.1. The van der Waals surface area contributed by atoms with Gasteiger partial charge in [-0.25, -0.2) is 4.98 Å². The van der Waals surface area contributed by atoms with Crippen LogP contribution in [-0.2, 0) is 16.0 Å². The van der Waals surface area contributed by atoms with Crippen molar-refractivity contribution in [3.05, 3.63) is 27.5 Å². The summed E-state index contributed by atoms with van der Waals surface area (Å²) in [6.45, 7) is 3.96. The maximum atomic E-state index is 8.12. The van der Waals surface area contributed by atoms with Crippen molar-refractivity contribution in [3.8, 4) is 0 Å². The molecule has 76 valence electrons. The summed E-state index contributed by atoms with van der Waals surface area (Å²) < 4.78 is 0. The van der Waals surface area contributed by atoms with E-state index in [4.69, 9.17) is 32.8 Å². The highest BCUT2D eigenvalue weighted by Crippen LogP contribution is 2.22. The molecule has 0 radical (unpaired) electrons. The Morgan fingerprint density at radius 3 is 2.29 bits per heavy atom. The molecule has 1 aromatic heterocycles. The van der Waals surface area contributed by atoms with Crippen LogP contribution < -0.4 is 0 Å². The Bertz CT molecular complexity index is 324. The van der Waals surface area contributed by atoms with Crippen molar-refractivity contribution in [3.63, 3.8) is 0 Å². The van der Waals surface area contributed by atoms with Crippen LogP contribution in [0.3, 0.4) is 0 Å². The van der Waals surface area contributed by atoms with Gasteiger partial charge in [0, 0.05) is 10.7 Å². The molecule has 14 heavy (non-hydrogen) atoms. The van der Waals surface area contributed by atoms with Crippen LogP contribution >= 0.6 is 23.2 Å². The fourth-order valence-corrected chi connectivity index (χ4v) is 1.71. The first-order valence-electron chi connectivity index (χ1n) is 3.87. The molecule has 0 amide bonds. The van der Waals surface area contributed by atoms with Crippen molar-refractivity contribution in [2.24, 2.45) is 0 Å². The molecule has 0 spiro atoms. The maximum absolute atomic E-state index is 8.12. The number of rotatable bonds is 1. The summed E-state index contributed by atoms with van der Waals surface area (Å²) in [7, 11) is 0. The van der Waals surface area contributed by atoms with Crippen LogP contribution in [0.15, 0.2) is 6.07 Å². The average Bonchev–Trinajstić information content (AvgIpc) is 2.04. The molecule has 5 heteroatoms. The summed E-state index contributed by atoms with van der Waals surface area (Å²) in [5.41, 5.74) is 2.00. The van der Waals surface area contributed by atoms with Crippen molar-refractivity contribution in [1.82, 2.24) is 4.98 Å². The predicted octanol–water partition coefficient (Wildman–Crippen LogP) is 2.68. The molecular weight excluding hydrogens is 225 g/mol. The lowest BCUT2D eigenvalue weighted by molar-refractivity contribution is -0.191. The second-order valence-electron chi connectivity index (χ2n) is 2.43. The molecule has 0 aliphatic rings. The second kappa shape index (κ2) is 6.55. The van der Waals surface area contributed by atoms with Crippen molar-refractivity contribution in [2.45, 2.75) is 20.3 Å². The van der Waals surface area contributed by atoms with Gasteiger partial charge in [-0.2, -0.15) is 9.59 Å². The quantitative estimate of drug-likeness (QED) is 0.701. The monoisotopic (exact) mass is 233 g/mol. The Hall–Kier alpha value is -0.890. The number of aryl methyl sites for hydroxylation is 1. The SMILES string of the molecule is CCc1c(Cl)cc(Cl)nc1C.O=C=O. The molecular formula is C9H9Cl2NO2. The van der Waals surface area contributed by atoms with E-state index in [2.05, 4.69) is 4.98 Å². The fourth-order valence-electron chi connectivity index (χ4n) is 1.05. The number of hydrogen-bond acceptors (Lipinski definition) is 3. The van der Waals surface area contributed by atoms with Crippen LogP contribution in [0.1, 0.15) is 18.2 Å². The number of pyridine rings is 1. The van der Waals surface area contributed by atoms with E-state index in [1.165, 1.54) is 0 Å². The summed E-state index contributed by atoms with van der Waals surface area (Å²) in [4.78, 5) is 20.3. The third-order valence-electron chi connectivity index (χ3n) is 1.60. The van der Waals surface area contributed by atoms with Crippen molar-refractivity contribution in [1.29, 1.82) is 0 Å². The molecule has 3 nitrogen and oxygen atoms in total. The maximum Gasteiger partial charge on any atom is 0.373 e. The third-order valence-corrected chi connectivity index (χ3v) is 2.13. The number of halogens is 2. The molecule has 0 N–H and O–H groups in total. The lowest BCUT2D eigenvalue weighted by Crippen LogP contribution is -1.92. The highest BCUT2D eigenvalue weighted by atomic mass is 35.5. The Kier molecular flexibility index (Phi) is 6.13. The smallest absolute Gasteiger partial charge is 0.241 e. The minimum absolute atomic E-state index is 0.250. The van der Waals surface area contributed by atoms with E-state index in [1.54, 1.807) is 6.07 Å². The van der Waals surface area contributed by atoms with Crippen LogP contribution in [0.25, 0.3) is 0 Å². The van der Waals surface area contributed by atoms with Gasteiger partial charge in [0.15, 0.2) is 0 Å². The van der Waals surface area contributed by atoms with Gasteiger partial charge < -0.3 is 0 Å². The summed E-state index contributed by atoms with van der Waals surface area (Å²) in [5.74, 6) is 0. The number of carbonyl (C=O) groups excluding carboxylic acids is 2. The van der Waals surface area contributed by atoms with Crippen LogP contribution in [-0.4, -0.2) is 11.1 Å².